The number of carbonyl (C=O) groups excluding carboxylic acids is 1. The highest BCUT2D eigenvalue weighted by Gasteiger charge is 2.07. The molecule has 0 saturated heterocycles. The lowest BCUT2D eigenvalue weighted by molar-refractivity contribution is 0.0954. The van der Waals surface area contributed by atoms with Crippen molar-refractivity contribution in [2.24, 2.45) is 0 Å². The zero-order chi connectivity index (χ0) is 15.4. The van der Waals surface area contributed by atoms with E-state index >= 15 is 0 Å². The summed E-state index contributed by atoms with van der Waals surface area (Å²) in [4.78, 5) is 15.4. The number of nitrogens with one attached hydrogen (secondary N) is 2. The molecule has 0 spiro atoms. The van der Waals surface area contributed by atoms with Crippen molar-refractivity contribution < 1.29 is 4.79 Å². The molecule has 3 heteroatoms. The van der Waals surface area contributed by atoms with Crippen molar-refractivity contribution in [1.82, 2.24) is 10.3 Å². The molecule has 0 atom stereocenters. The minimum atomic E-state index is -0.00443. The third kappa shape index (κ3) is 3.97. The molecule has 2 aromatic rings. The molecule has 0 aliphatic heterocycles. The minimum absolute atomic E-state index is 0.00443. The topological polar surface area (TPSA) is 44.9 Å². The lowest BCUT2D eigenvalue weighted by Gasteiger charge is -2.08. The van der Waals surface area contributed by atoms with Gasteiger partial charge in [0, 0.05) is 23.5 Å². The van der Waals surface area contributed by atoms with Gasteiger partial charge in [0.1, 0.15) is 0 Å². The average molecular weight is 284 g/mol. The van der Waals surface area contributed by atoms with Crippen LogP contribution in [0.5, 0.6) is 0 Å². The molecular weight excluding hydrogens is 260 g/mol. The first-order valence-corrected chi connectivity index (χ1v) is 7.50. The number of amides is 1. The van der Waals surface area contributed by atoms with E-state index in [4.69, 9.17) is 0 Å². The van der Waals surface area contributed by atoms with Crippen LogP contribution in [0.1, 0.15) is 52.6 Å². The molecule has 0 saturated carbocycles. The van der Waals surface area contributed by atoms with Crippen molar-refractivity contribution >= 4 is 5.91 Å². The zero-order valence-electron chi connectivity index (χ0n) is 13.3. The summed E-state index contributed by atoms with van der Waals surface area (Å²) in [5.74, 6) is 0.483. The van der Waals surface area contributed by atoms with Gasteiger partial charge < -0.3 is 10.3 Å². The highest BCUT2D eigenvalue weighted by molar-refractivity contribution is 5.94. The Morgan fingerprint density at radius 1 is 1.19 bits per heavy atom. The Hall–Kier alpha value is -2.03. The predicted octanol–water partition coefficient (Wildman–Crippen LogP) is 3.73. The number of hydrogen-bond acceptors (Lipinski definition) is 1. The summed E-state index contributed by atoms with van der Waals surface area (Å²) in [5, 5.41) is 2.98. The van der Waals surface area contributed by atoms with E-state index in [2.05, 4.69) is 37.1 Å². The number of carbonyl (C=O) groups is 1. The van der Waals surface area contributed by atoms with Crippen molar-refractivity contribution in [3.8, 4) is 0 Å². The molecular formula is C18H24N2O. The quantitative estimate of drug-likeness (QED) is 0.863. The van der Waals surface area contributed by atoms with Crippen LogP contribution in [0.3, 0.4) is 0 Å². The Kier molecular flexibility index (Phi) is 4.84. The first-order valence-electron chi connectivity index (χ1n) is 7.50. The van der Waals surface area contributed by atoms with Gasteiger partial charge in [0.15, 0.2) is 0 Å². The van der Waals surface area contributed by atoms with Crippen molar-refractivity contribution in [3.63, 3.8) is 0 Å². The van der Waals surface area contributed by atoms with Crippen LogP contribution in [0.15, 0.2) is 30.3 Å². The molecule has 1 amide bonds. The van der Waals surface area contributed by atoms with Crippen LogP contribution in [-0.2, 0) is 6.42 Å². The van der Waals surface area contributed by atoms with Crippen LogP contribution in [0, 0.1) is 13.8 Å². The second-order valence-electron chi connectivity index (χ2n) is 5.89. The Balaban J connectivity index is 1.88. The summed E-state index contributed by atoms with van der Waals surface area (Å²) < 4.78 is 0. The van der Waals surface area contributed by atoms with E-state index in [1.165, 1.54) is 16.8 Å². The van der Waals surface area contributed by atoms with Gasteiger partial charge in [-0.1, -0.05) is 26.0 Å². The van der Waals surface area contributed by atoms with Gasteiger partial charge >= 0.3 is 0 Å². The Morgan fingerprint density at radius 3 is 2.38 bits per heavy atom. The van der Waals surface area contributed by atoms with Crippen molar-refractivity contribution in [2.45, 2.75) is 40.0 Å². The Bertz CT molecular complexity index is 609. The van der Waals surface area contributed by atoms with Crippen LogP contribution in [0.25, 0.3) is 0 Å². The molecule has 2 rings (SSSR count). The van der Waals surface area contributed by atoms with Gasteiger partial charge in [-0.15, -0.1) is 0 Å². The summed E-state index contributed by atoms with van der Waals surface area (Å²) >= 11 is 0. The molecule has 0 aliphatic carbocycles. The fraction of sp³-hybridized carbons (Fsp3) is 0.389. The number of aromatic amines is 1. The predicted molar refractivity (Wildman–Crippen MR) is 86.8 cm³/mol. The molecule has 0 fully saturated rings. The fourth-order valence-corrected chi connectivity index (χ4v) is 2.47. The molecule has 3 nitrogen and oxygen atoms in total. The second kappa shape index (κ2) is 6.61. The lowest BCUT2D eigenvalue weighted by atomic mass is 10.0. The van der Waals surface area contributed by atoms with E-state index < -0.39 is 0 Å². The summed E-state index contributed by atoms with van der Waals surface area (Å²) in [6.07, 6.45) is 0.853. The van der Waals surface area contributed by atoms with Crippen molar-refractivity contribution in [1.29, 1.82) is 0 Å². The molecule has 0 radical (unpaired) electrons. The van der Waals surface area contributed by atoms with Gasteiger partial charge in [-0.2, -0.15) is 0 Å². The summed E-state index contributed by atoms with van der Waals surface area (Å²) in [5.41, 5.74) is 5.59. The lowest BCUT2D eigenvalue weighted by Crippen LogP contribution is -2.25. The zero-order valence-corrected chi connectivity index (χ0v) is 13.3. The highest BCUT2D eigenvalue weighted by Crippen LogP contribution is 2.14. The van der Waals surface area contributed by atoms with Crippen LogP contribution >= 0.6 is 0 Å². The van der Waals surface area contributed by atoms with E-state index in [9.17, 15) is 4.79 Å². The van der Waals surface area contributed by atoms with Gasteiger partial charge in [-0.25, -0.2) is 0 Å². The smallest absolute Gasteiger partial charge is 0.251 e. The van der Waals surface area contributed by atoms with Gasteiger partial charge in [-0.05, 0) is 55.5 Å². The largest absolute Gasteiger partial charge is 0.362 e. The van der Waals surface area contributed by atoms with Crippen LogP contribution < -0.4 is 5.32 Å². The first kappa shape index (κ1) is 15.4. The average Bonchev–Trinajstić information content (AvgIpc) is 2.77. The normalized spacial score (nSPS) is 10.9. The Morgan fingerprint density at radius 2 is 1.86 bits per heavy atom. The highest BCUT2D eigenvalue weighted by atomic mass is 16.1. The number of aryl methyl sites for hydroxylation is 2. The molecule has 1 aromatic heterocycles. The maximum absolute atomic E-state index is 12.1. The molecule has 21 heavy (non-hydrogen) atoms. The van der Waals surface area contributed by atoms with Gasteiger partial charge in [-0.3, -0.25) is 4.79 Å². The SMILES string of the molecule is Cc1cc(CCNC(=O)c2ccc(C(C)C)cc2)c(C)[nH]1. The minimum Gasteiger partial charge on any atom is -0.362 e. The molecule has 0 aliphatic rings. The second-order valence-corrected chi connectivity index (χ2v) is 5.89. The maximum Gasteiger partial charge on any atom is 0.251 e. The van der Waals surface area contributed by atoms with Crippen LogP contribution in [-0.4, -0.2) is 17.4 Å². The summed E-state index contributed by atoms with van der Waals surface area (Å²) in [6, 6.07) is 9.99. The molecule has 112 valence electrons. The van der Waals surface area contributed by atoms with E-state index in [0.29, 0.717) is 12.5 Å². The molecule has 0 bridgehead atoms. The number of hydrogen-bond donors (Lipinski definition) is 2. The summed E-state index contributed by atoms with van der Waals surface area (Å²) in [6.45, 7) is 9.07. The van der Waals surface area contributed by atoms with Crippen LogP contribution in [0.2, 0.25) is 0 Å². The fourth-order valence-electron chi connectivity index (χ4n) is 2.47. The number of rotatable bonds is 5. The molecule has 0 unspecified atom stereocenters. The van der Waals surface area contributed by atoms with E-state index in [0.717, 1.165) is 17.7 Å². The molecule has 1 aromatic carbocycles. The van der Waals surface area contributed by atoms with Gasteiger partial charge in [0.2, 0.25) is 0 Å². The Labute approximate surface area is 126 Å². The first-order chi connectivity index (χ1) is 9.97. The van der Waals surface area contributed by atoms with Crippen molar-refractivity contribution in [2.75, 3.05) is 6.54 Å². The van der Waals surface area contributed by atoms with E-state index in [1.54, 1.807) is 0 Å². The monoisotopic (exact) mass is 284 g/mol. The van der Waals surface area contributed by atoms with Crippen molar-refractivity contribution in [3.05, 3.63) is 58.4 Å². The maximum atomic E-state index is 12.1. The third-order valence-corrected chi connectivity index (χ3v) is 3.78. The molecule has 1 heterocycles. The molecule has 2 N–H and O–H groups in total. The number of benzene rings is 1. The van der Waals surface area contributed by atoms with E-state index in [-0.39, 0.29) is 5.91 Å². The van der Waals surface area contributed by atoms with Gasteiger partial charge in [0.25, 0.3) is 5.91 Å². The standard InChI is InChI=1S/C18H24N2O/c1-12(2)15-5-7-16(8-6-15)18(21)19-10-9-17-11-13(3)20-14(17)4/h5-8,11-12,20H,9-10H2,1-4H3,(H,19,21). The number of H-pyrrole nitrogens is 1. The number of aromatic nitrogens is 1. The summed E-state index contributed by atoms with van der Waals surface area (Å²) in [7, 11) is 0. The van der Waals surface area contributed by atoms with Gasteiger partial charge in [0.05, 0.1) is 0 Å². The third-order valence-electron chi connectivity index (χ3n) is 3.78. The van der Waals surface area contributed by atoms with Crippen LogP contribution in [0.4, 0.5) is 0 Å². The van der Waals surface area contributed by atoms with E-state index in [1.807, 2.05) is 31.2 Å².